The van der Waals surface area contributed by atoms with Crippen molar-refractivity contribution in [1.29, 1.82) is 0 Å². The number of ether oxygens (including phenoxy) is 1. The molecular formula is C17H21NO3S. The second-order valence-corrected chi connectivity index (χ2v) is 7.13. The zero-order valence-electron chi connectivity index (χ0n) is 12.8. The Balaban J connectivity index is 1.85. The van der Waals surface area contributed by atoms with Gasteiger partial charge in [0.1, 0.15) is 0 Å². The molecule has 1 aliphatic carbocycles. The van der Waals surface area contributed by atoms with Gasteiger partial charge in [-0.05, 0) is 44.0 Å². The molecule has 0 aromatic heterocycles. The lowest BCUT2D eigenvalue weighted by Gasteiger charge is -2.40. The number of anilines is 1. The van der Waals surface area contributed by atoms with Crippen LogP contribution >= 0.6 is 11.8 Å². The molecular weight excluding hydrogens is 298 g/mol. The minimum atomic E-state index is -0.316. The summed E-state index contributed by atoms with van der Waals surface area (Å²) in [6.45, 7) is 2.16. The highest BCUT2D eigenvalue weighted by Gasteiger charge is 2.47. The van der Waals surface area contributed by atoms with Gasteiger partial charge in [0.15, 0.2) is 0 Å². The highest BCUT2D eigenvalue weighted by molar-refractivity contribution is 8.02. The van der Waals surface area contributed by atoms with Crippen LogP contribution in [-0.2, 0) is 9.53 Å². The van der Waals surface area contributed by atoms with Gasteiger partial charge in [0.25, 0.3) is 0 Å². The Bertz CT molecular complexity index is 564. The molecule has 1 aliphatic heterocycles. The van der Waals surface area contributed by atoms with E-state index in [-0.39, 0.29) is 16.7 Å². The molecule has 0 atom stereocenters. The van der Waals surface area contributed by atoms with E-state index in [9.17, 15) is 9.59 Å². The summed E-state index contributed by atoms with van der Waals surface area (Å²) < 4.78 is 5.00. The summed E-state index contributed by atoms with van der Waals surface area (Å²) in [4.78, 5) is 26.0. The van der Waals surface area contributed by atoms with Gasteiger partial charge in [-0.25, -0.2) is 4.79 Å². The number of benzene rings is 1. The summed E-state index contributed by atoms with van der Waals surface area (Å²) >= 11 is 1.78. The van der Waals surface area contributed by atoms with Gasteiger partial charge in [0.2, 0.25) is 5.91 Å². The van der Waals surface area contributed by atoms with Crippen LogP contribution in [0.5, 0.6) is 0 Å². The number of hydrogen-bond acceptors (Lipinski definition) is 4. The van der Waals surface area contributed by atoms with Crippen LogP contribution in [0.3, 0.4) is 0 Å². The molecule has 1 heterocycles. The summed E-state index contributed by atoms with van der Waals surface area (Å²) in [5.74, 6) is 0.416. The van der Waals surface area contributed by atoms with Gasteiger partial charge < -0.3 is 4.74 Å². The third-order valence-corrected chi connectivity index (χ3v) is 5.91. The number of thioether (sulfide) groups is 1. The second kappa shape index (κ2) is 6.32. The van der Waals surface area contributed by atoms with Crippen molar-refractivity contribution in [3.05, 3.63) is 29.8 Å². The average Bonchev–Trinajstić information content (AvgIpc) is 2.85. The van der Waals surface area contributed by atoms with Crippen LogP contribution in [0.4, 0.5) is 5.69 Å². The predicted octanol–water partition coefficient (Wildman–Crippen LogP) is 3.60. The molecule has 5 heteroatoms. The van der Waals surface area contributed by atoms with Gasteiger partial charge in [-0.2, -0.15) is 0 Å². The van der Waals surface area contributed by atoms with E-state index in [1.165, 1.54) is 19.3 Å². The molecule has 1 aromatic carbocycles. The van der Waals surface area contributed by atoms with Crippen molar-refractivity contribution in [2.24, 2.45) is 0 Å². The zero-order chi connectivity index (χ0) is 15.6. The van der Waals surface area contributed by atoms with Crippen LogP contribution in [0.1, 0.15) is 49.4 Å². The van der Waals surface area contributed by atoms with Gasteiger partial charge in [-0.3, -0.25) is 9.69 Å². The van der Waals surface area contributed by atoms with E-state index in [2.05, 4.69) is 0 Å². The fourth-order valence-corrected chi connectivity index (χ4v) is 4.80. The van der Waals surface area contributed by atoms with E-state index in [0.717, 1.165) is 18.5 Å². The van der Waals surface area contributed by atoms with Crippen LogP contribution in [0.2, 0.25) is 0 Å². The highest BCUT2D eigenvalue weighted by Crippen LogP contribution is 2.48. The fraction of sp³-hybridized carbons (Fsp3) is 0.529. The number of esters is 1. The summed E-state index contributed by atoms with van der Waals surface area (Å²) in [6, 6.07) is 7.24. The van der Waals surface area contributed by atoms with Gasteiger partial charge in [-0.1, -0.05) is 19.3 Å². The first kappa shape index (κ1) is 15.4. The molecule has 2 fully saturated rings. The van der Waals surface area contributed by atoms with Crippen molar-refractivity contribution in [3.8, 4) is 0 Å². The topological polar surface area (TPSA) is 46.6 Å². The number of hydrogen-bond donors (Lipinski definition) is 0. The monoisotopic (exact) mass is 319 g/mol. The number of amides is 1. The van der Waals surface area contributed by atoms with E-state index >= 15 is 0 Å². The van der Waals surface area contributed by atoms with E-state index in [4.69, 9.17) is 4.74 Å². The number of carbonyl (C=O) groups is 2. The van der Waals surface area contributed by atoms with E-state index in [1.807, 2.05) is 17.0 Å². The maximum Gasteiger partial charge on any atom is 0.338 e. The van der Waals surface area contributed by atoms with Crippen LogP contribution in [0.25, 0.3) is 0 Å². The molecule has 1 amide bonds. The Morgan fingerprint density at radius 2 is 1.91 bits per heavy atom. The van der Waals surface area contributed by atoms with E-state index < -0.39 is 0 Å². The smallest absolute Gasteiger partial charge is 0.338 e. The van der Waals surface area contributed by atoms with Gasteiger partial charge in [-0.15, -0.1) is 11.8 Å². The Hall–Kier alpha value is -1.49. The van der Waals surface area contributed by atoms with Gasteiger partial charge in [0.05, 0.1) is 22.8 Å². The van der Waals surface area contributed by atoms with Crippen molar-refractivity contribution >= 4 is 29.3 Å². The molecule has 3 rings (SSSR count). The first-order chi connectivity index (χ1) is 10.7. The second-order valence-electron chi connectivity index (χ2n) is 5.79. The largest absolute Gasteiger partial charge is 0.462 e. The first-order valence-corrected chi connectivity index (χ1v) is 8.89. The molecule has 0 unspecified atom stereocenters. The molecule has 2 aliphatic rings. The highest BCUT2D eigenvalue weighted by atomic mass is 32.2. The molecule has 0 radical (unpaired) electrons. The molecule has 0 N–H and O–H groups in total. The maximum absolute atomic E-state index is 12.4. The fourth-order valence-electron chi connectivity index (χ4n) is 3.36. The summed E-state index contributed by atoms with van der Waals surface area (Å²) in [7, 11) is 0. The first-order valence-electron chi connectivity index (χ1n) is 7.90. The number of nitrogens with zero attached hydrogens (tertiary/aromatic N) is 1. The third-order valence-electron chi connectivity index (χ3n) is 4.39. The lowest BCUT2D eigenvalue weighted by molar-refractivity contribution is -0.116. The van der Waals surface area contributed by atoms with Crippen molar-refractivity contribution in [2.45, 2.75) is 43.9 Å². The molecule has 1 aromatic rings. The van der Waals surface area contributed by atoms with Crippen molar-refractivity contribution in [3.63, 3.8) is 0 Å². The SMILES string of the molecule is CCOC(=O)c1ccc(N2C(=O)CSC23CCCCC3)cc1. The van der Waals surface area contributed by atoms with Crippen LogP contribution in [0, 0.1) is 0 Å². The van der Waals surface area contributed by atoms with Crippen molar-refractivity contribution in [2.75, 3.05) is 17.3 Å². The normalized spacial score (nSPS) is 20.4. The number of carbonyl (C=O) groups excluding carboxylic acids is 2. The maximum atomic E-state index is 12.4. The zero-order valence-corrected chi connectivity index (χ0v) is 13.7. The molecule has 118 valence electrons. The number of rotatable bonds is 3. The third kappa shape index (κ3) is 2.74. The Kier molecular flexibility index (Phi) is 4.43. The van der Waals surface area contributed by atoms with Crippen LogP contribution in [0.15, 0.2) is 24.3 Å². The van der Waals surface area contributed by atoms with E-state index in [1.54, 1.807) is 30.8 Å². The minimum absolute atomic E-state index is 0.0687. The van der Waals surface area contributed by atoms with E-state index in [0.29, 0.717) is 17.9 Å². The van der Waals surface area contributed by atoms with Crippen LogP contribution in [-0.4, -0.2) is 29.1 Å². The van der Waals surface area contributed by atoms with Gasteiger partial charge >= 0.3 is 5.97 Å². The quantitative estimate of drug-likeness (QED) is 0.799. The Morgan fingerprint density at radius 1 is 1.23 bits per heavy atom. The summed E-state index contributed by atoms with van der Waals surface area (Å²) in [6.07, 6.45) is 5.73. The Morgan fingerprint density at radius 3 is 2.55 bits per heavy atom. The molecule has 0 bridgehead atoms. The molecule has 1 saturated carbocycles. The molecule has 1 spiro atoms. The Labute approximate surface area is 135 Å². The summed E-state index contributed by atoms with van der Waals surface area (Å²) in [5.41, 5.74) is 1.42. The summed E-state index contributed by atoms with van der Waals surface area (Å²) in [5, 5.41) is 0. The lowest BCUT2D eigenvalue weighted by atomic mass is 9.93. The van der Waals surface area contributed by atoms with Crippen LogP contribution < -0.4 is 4.90 Å². The van der Waals surface area contributed by atoms with Crippen molar-refractivity contribution in [1.82, 2.24) is 0 Å². The standard InChI is InChI=1S/C17H21NO3S/c1-2-21-16(20)13-6-8-14(9-7-13)18-15(19)12-22-17(18)10-4-3-5-11-17/h6-9H,2-5,10-12H2,1H3. The van der Waals surface area contributed by atoms with Crippen molar-refractivity contribution < 1.29 is 14.3 Å². The molecule has 4 nitrogen and oxygen atoms in total. The average molecular weight is 319 g/mol. The lowest BCUT2D eigenvalue weighted by Crippen LogP contribution is -2.45. The molecule has 22 heavy (non-hydrogen) atoms. The minimum Gasteiger partial charge on any atom is -0.462 e. The molecule has 1 saturated heterocycles. The van der Waals surface area contributed by atoms with Gasteiger partial charge in [0, 0.05) is 5.69 Å². The predicted molar refractivity (Wildman–Crippen MR) is 88.2 cm³/mol.